The monoisotopic (exact) mass is 371 g/mol. The number of halogens is 2. The Balaban J connectivity index is 1.45. The van der Waals surface area contributed by atoms with E-state index in [4.69, 9.17) is 10.5 Å². The molecule has 0 bridgehead atoms. The molecule has 2 aliphatic carbocycles. The molecule has 4 rings (SSSR count). The molecule has 0 radical (unpaired) electrons. The van der Waals surface area contributed by atoms with E-state index in [0.717, 1.165) is 43.0 Å². The Kier molecular flexibility index (Phi) is 4.62. The fourth-order valence-electron chi connectivity index (χ4n) is 5.03. The van der Waals surface area contributed by atoms with E-state index in [1.807, 2.05) is 18.2 Å². The molecule has 2 aromatic rings. The van der Waals surface area contributed by atoms with Crippen LogP contribution in [0.2, 0.25) is 0 Å². The van der Waals surface area contributed by atoms with E-state index in [-0.39, 0.29) is 17.8 Å². The largest absolute Gasteiger partial charge is 0.487 e. The topological polar surface area (TPSA) is 52.3 Å². The lowest BCUT2D eigenvalue weighted by Crippen LogP contribution is -2.20. The Bertz CT molecular complexity index is 857. The van der Waals surface area contributed by atoms with Crippen molar-refractivity contribution < 1.29 is 18.3 Å². The van der Waals surface area contributed by atoms with Crippen LogP contribution in [-0.4, -0.2) is 12.0 Å². The van der Waals surface area contributed by atoms with E-state index in [1.54, 1.807) is 6.07 Å². The molecule has 0 aliphatic heterocycles. The average Bonchev–Trinajstić information content (AvgIpc) is 3.12. The fourth-order valence-corrected chi connectivity index (χ4v) is 5.03. The highest BCUT2D eigenvalue weighted by atomic mass is 19.1. The third-order valence-corrected chi connectivity index (χ3v) is 6.18. The maximum absolute atomic E-state index is 13.8. The molecule has 0 aromatic heterocycles. The summed E-state index contributed by atoms with van der Waals surface area (Å²) >= 11 is 0. The second kappa shape index (κ2) is 6.95. The van der Waals surface area contributed by atoms with E-state index in [9.17, 15) is 13.6 Å². The Morgan fingerprint density at radius 1 is 1.19 bits per heavy atom. The van der Waals surface area contributed by atoms with Gasteiger partial charge in [-0.3, -0.25) is 4.79 Å². The normalized spacial score (nSPS) is 25.1. The highest BCUT2D eigenvalue weighted by molar-refractivity contribution is 5.94. The van der Waals surface area contributed by atoms with Gasteiger partial charge in [-0.25, -0.2) is 8.78 Å². The first-order chi connectivity index (χ1) is 13.0. The summed E-state index contributed by atoms with van der Waals surface area (Å²) < 4.78 is 32.9. The molecular formula is C22H23F2NO2. The van der Waals surface area contributed by atoms with Crippen molar-refractivity contribution in [2.75, 3.05) is 0 Å². The average molecular weight is 371 g/mol. The number of hydrogen-bond acceptors (Lipinski definition) is 2. The highest BCUT2D eigenvalue weighted by Crippen LogP contribution is 2.64. The molecule has 2 aromatic carbocycles. The van der Waals surface area contributed by atoms with Gasteiger partial charge < -0.3 is 10.5 Å². The lowest BCUT2D eigenvalue weighted by atomic mass is 9.84. The van der Waals surface area contributed by atoms with Gasteiger partial charge in [-0.15, -0.1) is 0 Å². The number of hydrogen-bond donors (Lipinski definition) is 1. The second-order valence-corrected chi connectivity index (χ2v) is 7.66. The first kappa shape index (κ1) is 18.0. The van der Waals surface area contributed by atoms with Crippen molar-refractivity contribution in [3.63, 3.8) is 0 Å². The Labute approximate surface area is 157 Å². The first-order valence-electron chi connectivity index (χ1n) is 9.50. The molecule has 0 heterocycles. The predicted molar refractivity (Wildman–Crippen MR) is 98.5 cm³/mol. The van der Waals surface area contributed by atoms with Crippen LogP contribution in [0.1, 0.15) is 48.0 Å². The zero-order valence-electron chi connectivity index (χ0n) is 15.2. The minimum absolute atomic E-state index is 0.0102. The van der Waals surface area contributed by atoms with Crippen LogP contribution in [0.4, 0.5) is 8.78 Å². The van der Waals surface area contributed by atoms with Crippen LogP contribution in [0.15, 0.2) is 42.5 Å². The Hall–Kier alpha value is -2.43. The molecular weight excluding hydrogens is 348 g/mol. The van der Waals surface area contributed by atoms with E-state index in [2.05, 4.69) is 6.92 Å². The van der Waals surface area contributed by atoms with Crippen molar-refractivity contribution in [3.8, 4) is 5.75 Å². The molecule has 0 spiro atoms. The lowest BCUT2D eigenvalue weighted by molar-refractivity contribution is 0.0998. The molecule has 27 heavy (non-hydrogen) atoms. The van der Waals surface area contributed by atoms with Crippen LogP contribution >= 0.6 is 0 Å². The van der Waals surface area contributed by atoms with Gasteiger partial charge in [0.05, 0.1) is 6.10 Å². The van der Waals surface area contributed by atoms with Crippen LogP contribution in [0.5, 0.6) is 5.75 Å². The second-order valence-electron chi connectivity index (χ2n) is 7.66. The van der Waals surface area contributed by atoms with Gasteiger partial charge in [0.2, 0.25) is 5.91 Å². The van der Waals surface area contributed by atoms with Crippen LogP contribution < -0.4 is 10.5 Å². The summed E-state index contributed by atoms with van der Waals surface area (Å²) in [6.07, 6.45) is 2.52. The van der Waals surface area contributed by atoms with Gasteiger partial charge in [0.15, 0.2) is 11.6 Å². The first-order valence-corrected chi connectivity index (χ1v) is 9.50. The van der Waals surface area contributed by atoms with Gasteiger partial charge in [-0.2, -0.15) is 0 Å². The van der Waals surface area contributed by atoms with Crippen LogP contribution in [0.25, 0.3) is 0 Å². The highest BCUT2D eigenvalue weighted by Gasteiger charge is 2.59. The maximum atomic E-state index is 13.8. The van der Waals surface area contributed by atoms with Gasteiger partial charge in [0.1, 0.15) is 5.82 Å². The molecule has 0 unspecified atom stereocenters. The quantitative estimate of drug-likeness (QED) is 0.803. The molecule has 2 fully saturated rings. The molecule has 0 saturated heterocycles. The number of primary amides is 1. The number of nitrogens with two attached hydrogens (primary N) is 1. The van der Waals surface area contributed by atoms with Crippen molar-refractivity contribution in [2.24, 2.45) is 23.5 Å². The van der Waals surface area contributed by atoms with Gasteiger partial charge in [-0.05, 0) is 66.7 Å². The number of rotatable bonds is 6. The van der Waals surface area contributed by atoms with E-state index < -0.39 is 17.5 Å². The Morgan fingerprint density at radius 3 is 2.56 bits per heavy atom. The third-order valence-electron chi connectivity index (χ3n) is 6.18. The smallest absolute Gasteiger partial charge is 0.248 e. The molecule has 2 aliphatic rings. The predicted octanol–water partition coefficient (Wildman–Crippen LogP) is 4.66. The SMILES string of the molecule is CC[C@H](c1ccccc1C(N)=O)C1[C@H]2CC(Oc3cc(F)ccc3F)C[C@H]12. The van der Waals surface area contributed by atoms with E-state index >= 15 is 0 Å². The minimum atomic E-state index is -0.532. The zero-order valence-corrected chi connectivity index (χ0v) is 15.2. The summed E-state index contributed by atoms with van der Waals surface area (Å²) in [5, 5.41) is 0. The standard InChI is InChI=1S/C22H23F2NO2/c1-2-14(15-5-3-4-6-16(15)22(25)26)21-17-10-13(11-18(17)21)27-20-9-12(23)7-8-19(20)24/h3-9,13-14,17-18,21H,2,10-11H2,1H3,(H2,25,26)/t13?,14-,17+,18+,21?/m1/s1. The van der Waals surface area contributed by atoms with E-state index in [0.29, 0.717) is 23.3 Å². The number of amides is 1. The van der Waals surface area contributed by atoms with Crippen molar-refractivity contribution in [2.45, 2.75) is 38.2 Å². The number of benzene rings is 2. The number of carbonyl (C=O) groups excluding carboxylic acids is 1. The summed E-state index contributed by atoms with van der Waals surface area (Å²) in [6, 6.07) is 10.9. The number of fused-ring (bicyclic) bond motifs is 1. The van der Waals surface area contributed by atoms with E-state index in [1.165, 1.54) is 0 Å². The van der Waals surface area contributed by atoms with Crippen molar-refractivity contribution in [1.29, 1.82) is 0 Å². The lowest BCUT2D eigenvalue weighted by Gasteiger charge is -2.23. The maximum Gasteiger partial charge on any atom is 0.248 e. The molecule has 2 N–H and O–H groups in total. The van der Waals surface area contributed by atoms with Gasteiger partial charge in [0, 0.05) is 11.6 Å². The molecule has 1 amide bonds. The molecule has 142 valence electrons. The van der Waals surface area contributed by atoms with Crippen molar-refractivity contribution in [3.05, 3.63) is 65.2 Å². The fraction of sp³-hybridized carbons (Fsp3) is 0.409. The van der Waals surface area contributed by atoms with Gasteiger partial charge in [0.25, 0.3) is 0 Å². The summed E-state index contributed by atoms with van der Waals surface area (Å²) in [4.78, 5) is 11.8. The van der Waals surface area contributed by atoms with Crippen molar-refractivity contribution >= 4 is 5.91 Å². The van der Waals surface area contributed by atoms with Crippen LogP contribution in [-0.2, 0) is 0 Å². The van der Waals surface area contributed by atoms with Crippen molar-refractivity contribution in [1.82, 2.24) is 0 Å². The summed E-state index contributed by atoms with van der Waals surface area (Å²) in [5.41, 5.74) is 7.18. The third kappa shape index (κ3) is 3.31. The molecule has 3 atom stereocenters. The van der Waals surface area contributed by atoms with Gasteiger partial charge >= 0.3 is 0 Å². The van der Waals surface area contributed by atoms with Crippen LogP contribution in [0.3, 0.4) is 0 Å². The molecule has 5 heteroatoms. The molecule has 2 saturated carbocycles. The summed E-state index contributed by atoms with van der Waals surface area (Å²) in [7, 11) is 0. The molecule has 3 nitrogen and oxygen atoms in total. The van der Waals surface area contributed by atoms with Crippen LogP contribution in [0, 0.1) is 29.4 Å². The minimum Gasteiger partial charge on any atom is -0.487 e. The van der Waals surface area contributed by atoms with Gasteiger partial charge in [-0.1, -0.05) is 25.1 Å². The number of ether oxygens (including phenoxy) is 1. The zero-order chi connectivity index (χ0) is 19.1. The Morgan fingerprint density at radius 2 is 1.89 bits per heavy atom. The summed E-state index contributed by atoms with van der Waals surface area (Å²) in [5.74, 6) is 0.344. The number of carbonyl (C=O) groups is 1. The summed E-state index contributed by atoms with van der Waals surface area (Å²) in [6.45, 7) is 2.13.